The molecule has 3 rings (SSSR count). The molecular formula is C14H22N2O3. The number of imidazole rings is 1. The highest BCUT2D eigenvalue weighted by Crippen LogP contribution is 2.36. The summed E-state index contributed by atoms with van der Waals surface area (Å²) >= 11 is 0. The Bertz CT molecular complexity index is 403. The molecule has 1 aromatic rings. The molecule has 0 radical (unpaired) electrons. The number of nitrogens with zero attached hydrogens (tertiary/aromatic N) is 2. The van der Waals surface area contributed by atoms with E-state index in [4.69, 9.17) is 14.2 Å². The first kappa shape index (κ1) is 13.1. The molecule has 19 heavy (non-hydrogen) atoms. The van der Waals surface area contributed by atoms with Crippen molar-refractivity contribution in [3.05, 3.63) is 18.2 Å². The highest BCUT2D eigenvalue weighted by Gasteiger charge is 2.40. The second-order valence-corrected chi connectivity index (χ2v) is 5.25. The van der Waals surface area contributed by atoms with E-state index in [0.29, 0.717) is 12.7 Å². The van der Waals surface area contributed by atoms with Crippen LogP contribution in [-0.4, -0.2) is 34.7 Å². The molecule has 2 fully saturated rings. The van der Waals surface area contributed by atoms with Crippen LogP contribution in [0.15, 0.2) is 12.4 Å². The number of ether oxygens (including phenoxy) is 3. The molecule has 1 saturated heterocycles. The third-order valence-corrected chi connectivity index (χ3v) is 4.10. The SMILES string of the molecule is CCn1ccnc1COC1CCC2(CC1)OCCO2. The highest BCUT2D eigenvalue weighted by atomic mass is 16.7. The number of hydrogen-bond acceptors (Lipinski definition) is 4. The summed E-state index contributed by atoms with van der Waals surface area (Å²) in [5.41, 5.74) is 0. The van der Waals surface area contributed by atoms with Gasteiger partial charge in [-0.1, -0.05) is 0 Å². The van der Waals surface area contributed by atoms with E-state index in [0.717, 1.165) is 51.3 Å². The van der Waals surface area contributed by atoms with Gasteiger partial charge in [0, 0.05) is 31.8 Å². The Morgan fingerprint density at radius 1 is 1.37 bits per heavy atom. The fourth-order valence-electron chi connectivity index (χ4n) is 2.94. The van der Waals surface area contributed by atoms with Gasteiger partial charge in [0.2, 0.25) is 0 Å². The van der Waals surface area contributed by atoms with Gasteiger partial charge in [-0.2, -0.15) is 0 Å². The van der Waals surface area contributed by atoms with E-state index in [1.807, 2.05) is 12.4 Å². The maximum absolute atomic E-state index is 5.98. The number of aromatic nitrogens is 2. The molecule has 1 aliphatic heterocycles. The Labute approximate surface area is 113 Å². The molecule has 5 heteroatoms. The summed E-state index contributed by atoms with van der Waals surface area (Å²) in [6.45, 7) is 5.12. The van der Waals surface area contributed by atoms with Crippen LogP contribution in [0.1, 0.15) is 38.4 Å². The molecule has 2 heterocycles. The van der Waals surface area contributed by atoms with Gasteiger partial charge in [-0.25, -0.2) is 4.98 Å². The van der Waals surface area contributed by atoms with Crippen LogP contribution >= 0.6 is 0 Å². The van der Waals surface area contributed by atoms with Gasteiger partial charge < -0.3 is 18.8 Å². The molecule has 2 aliphatic rings. The van der Waals surface area contributed by atoms with E-state index >= 15 is 0 Å². The molecule has 0 atom stereocenters. The molecule has 106 valence electrons. The van der Waals surface area contributed by atoms with Crippen molar-refractivity contribution in [3.63, 3.8) is 0 Å². The summed E-state index contributed by atoms with van der Waals surface area (Å²) in [6.07, 6.45) is 8.03. The van der Waals surface area contributed by atoms with Gasteiger partial charge in [-0.05, 0) is 19.8 Å². The zero-order valence-corrected chi connectivity index (χ0v) is 11.5. The normalized spacial score (nSPS) is 23.2. The van der Waals surface area contributed by atoms with Crippen molar-refractivity contribution in [2.75, 3.05) is 13.2 Å². The Kier molecular flexibility index (Phi) is 3.86. The van der Waals surface area contributed by atoms with Gasteiger partial charge >= 0.3 is 0 Å². The number of aryl methyl sites for hydroxylation is 1. The fourth-order valence-corrected chi connectivity index (χ4v) is 2.94. The Morgan fingerprint density at radius 3 is 2.79 bits per heavy atom. The van der Waals surface area contributed by atoms with E-state index in [1.54, 1.807) is 0 Å². The minimum atomic E-state index is -0.290. The zero-order valence-electron chi connectivity index (χ0n) is 11.5. The van der Waals surface area contributed by atoms with E-state index in [-0.39, 0.29) is 5.79 Å². The van der Waals surface area contributed by atoms with Crippen molar-refractivity contribution in [1.82, 2.24) is 9.55 Å². The van der Waals surface area contributed by atoms with Gasteiger partial charge in [-0.3, -0.25) is 0 Å². The summed E-state index contributed by atoms with van der Waals surface area (Å²) in [7, 11) is 0. The van der Waals surface area contributed by atoms with Crippen LogP contribution in [0, 0.1) is 0 Å². The lowest BCUT2D eigenvalue weighted by Gasteiger charge is -2.35. The zero-order chi connectivity index (χ0) is 13.1. The Morgan fingerprint density at radius 2 is 2.11 bits per heavy atom. The van der Waals surface area contributed by atoms with Crippen LogP contribution in [0.2, 0.25) is 0 Å². The molecule has 0 unspecified atom stereocenters. The summed E-state index contributed by atoms with van der Waals surface area (Å²) in [5.74, 6) is 0.720. The molecule has 5 nitrogen and oxygen atoms in total. The third-order valence-electron chi connectivity index (χ3n) is 4.10. The standard InChI is InChI=1S/C14H22N2O3/c1-2-16-8-7-15-13(16)11-17-12-3-5-14(6-4-12)18-9-10-19-14/h7-8,12H,2-6,9-11H2,1H3. The largest absolute Gasteiger partial charge is 0.370 e. The first-order valence-electron chi connectivity index (χ1n) is 7.21. The lowest BCUT2D eigenvalue weighted by molar-refractivity contribution is -0.192. The van der Waals surface area contributed by atoms with Crippen LogP contribution in [0.5, 0.6) is 0 Å². The van der Waals surface area contributed by atoms with Crippen LogP contribution in [-0.2, 0) is 27.4 Å². The second kappa shape index (κ2) is 5.61. The van der Waals surface area contributed by atoms with Crippen LogP contribution in [0.3, 0.4) is 0 Å². The Hall–Kier alpha value is -0.910. The fraction of sp³-hybridized carbons (Fsp3) is 0.786. The molecule has 0 amide bonds. The topological polar surface area (TPSA) is 45.5 Å². The van der Waals surface area contributed by atoms with Crippen molar-refractivity contribution < 1.29 is 14.2 Å². The lowest BCUT2D eigenvalue weighted by atomic mass is 9.92. The lowest BCUT2D eigenvalue weighted by Crippen LogP contribution is -2.37. The third kappa shape index (κ3) is 2.83. The predicted molar refractivity (Wildman–Crippen MR) is 69.6 cm³/mol. The van der Waals surface area contributed by atoms with Gasteiger partial charge in [-0.15, -0.1) is 0 Å². The van der Waals surface area contributed by atoms with Gasteiger partial charge in [0.25, 0.3) is 0 Å². The predicted octanol–water partition coefficient (Wildman–Crippen LogP) is 2.11. The maximum Gasteiger partial charge on any atom is 0.168 e. The van der Waals surface area contributed by atoms with Crippen LogP contribution < -0.4 is 0 Å². The molecular weight excluding hydrogens is 244 g/mol. The average Bonchev–Trinajstić information content (AvgIpc) is 3.07. The first-order valence-corrected chi connectivity index (χ1v) is 7.21. The van der Waals surface area contributed by atoms with Crippen LogP contribution in [0.25, 0.3) is 0 Å². The van der Waals surface area contributed by atoms with Crippen molar-refractivity contribution >= 4 is 0 Å². The highest BCUT2D eigenvalue weighted by molar-refractivity contribution is 4.90. The van der Waals surface area contributed by atoms with E-state index < -0.39 is 0 Å². The molecule has 0 N–H and O–H groups in total. The van der Waals surface area contributed by atoms with Gasteiger partial charge in [0.15, 0.2) is 5.79 Å². The van der Waals surface area contributed by atoms with Crippen molar-refractivity contribution in [3.8, 4) is 0 Å². The summed E-state index contributed by atoms with van der Waals surface area (Å²) in [6, 6.07) is 0. The van der Waals surface area contributed by atoms with E-state index in [9.17, 15) is 0 Å². The first-order chi connectivity index (χ1) is 9.31. The quantitative estimate of drug-likeness (QED) is 0.837. The smallest absolute Gasteiger partial charge is 0.168 e. The molecule has 1 aromatic heterocycles. The van der Waals surface area contributed by atoms with Gasteiger partial charge in [0.05, 0.1) is 19.3 Å². The number of hydrogen-bond donors (Lipinski definition) is 0. The Balaban J connectivity index is 1.47. The van der Waals surface area contributed by atoms with Crippen molar-refractivity contribution in [2.45, 2.75) is 57.6 Å². The summed E-state index contributed by atoms with van der Waals surface area (Å²) < 4.78 is 19.5. The minimum absolute atomic E-state index is 0.290. The van der Waals surface area contributed by atoms with Crippen molar-refractivity contribution in [2.24, 2.45) is 0 Å². The summed E-state index contributed by atoms with van der Waals surface area (Å²) in [4.78, 5) is 4.33. The average molecular weight is 266 g/mol. The molecule has 0 aromatic carbocycles. The molecule has 1 saturated carbocycles. The van der Waals surface area contributed by atoms with Crippen LogP contribution in [0.4, 0.5) is 0 Å². The van der Waals surface area contributed by atoms with E-state index in [1.165, 1.54) is 0 Å². The van der Waals surface area contributed by atoms with E-state index in [2.05, 4.69) is 16.5 Å². The minimum Gasteiger partial charge on any atom is -0.370 e. The summed E-state index contributed by atoms with van der Waals surface area (Å²) in [5, 5.41) is 0. The molecule has 0 bridgehead atoms. The molecule has 1 spiro atoms. The van der Waals surface area contributed by atoms with Crippen molar-refractivity contribution in [1.29, 1.82) is 0 Å². The monoisotopic (exact) mass is 266 g/mol. The molecule has 1 aliphatic carbocycles. The number of rotatable bonds is 4. The van der Waals surface area contributed by atoms with Gasteiger partial charge in [0.1, 0.15) is 12.4 Å². The maximum atomic E-state index is 5.98. The second-order valence-electron chi connectivity index (χ2n) is 5.25.